The van der Waals surface area contributed by atoms with Gasteiger partial charge in [0.1, 0.15) is 0 Å². The summed E-state index contributed by atoms with van der Waals surface area (Å²) >= 11 is 0. The largest absolute Gasteiger partial charge is 0.478 e. The predicted molar refractivity (Wildman–Crippen MR) is 114 cm³/mol. The summed E-state index contributed by atoms with van der Waals surface area (Å²) in [7, 11) is -3.67. The first kappa shape index (κ1) is 39.0. The van der Waals surface area contributed by atoms with Crippen LogP contribution in [0.5, 0.6) is 0 Å². The Kier molecular flexibility index (Phi) is 26.0. The van der Waals surface area contributed by atoms with Crippen molar-refractivity contribution in [2.75, 3.05) is 26.1 Å². The molecule has 0 aromatic heterocycles. The van der Waals surface area contributed by atoms with Gasteiger partial charge < -0.3 is 30.6 Å². The Morgan fingerprint density at radius 1 is 0.710 bits per heavy atom. The zero-order valence-electron chi connectivity index (χ0n) is 18.3. The summed E-state index contributed by atoms with van der Waals surface area (Å²) < 4.78 is 25.9. The van der Waals surface area contributed by atoms with E-state index in [4.69, 9.17) is 35.2 Å². The molecule has 0 atom stereocenters. The smallest absolute Gasteiger partial charge is 0.330 e. The van der Waals surface area contributed by atoms with Crippen molar-refractivity contribution >= 4 is 28.0 Å². The van der Waals surface area contributed by atoms with E-state index >= 15 is 0 Å². The highest BCUT2D eigenvalue weighted by atomic mass is 32.2. The number of carbonyl (C=O) groups is 3. The molecule has 0 radical (unpaired) electrons. The van der Waals surface area contributed by atoms with Crippen LogP contribution < -0.4 is 0 Å². The molecule has 0 aromatic carbocycles. The van der Waals surface area contributed by atoms with Crippen molar-refractivity contribution < 1.29 is 58.0 Å². The van der Waals surface area contributed by atoms with Gasteiger partial charge in [-0.05, 0) is 20.8 Å². The van der Waals surface area contributed by atoms with E-state index in [2.05, 4.69) is 19.7 Å². The Morgan fingerprint density at radius 3 is 0.806 bits per heavy atom. The quantitative estimate of drug-likeness (QED) is 0.205. The van der Waals surface area contributed by atoms with Gasteiger partial charge in [-0.25, -0.2) is 14.4 Å². The molecule has 0 amide bonds. The number of rotatable bonds is 6. The lowest BCUT2D eigenvalue weighted by Crippen LogP contribution is -2.29. The number of aliphatic hydroxyl groups excluding tert-OH is 3. The van der Waals surface area contributed by atoms with Crippen LogP contribution in [0.2, 0.25) is 0 Å². The summed E-state index contributed by atoms with van der Waals surface area (Å²) in [6.07, 6.45) is 0.715. The van der Waals surface area contributed by atoms with Gasteiger partial charge in [-0.1, -0.05) is 26.7 Å². The normalized spacial score (nSPS) is 9.32. The van der Waals surface area contributed by atoms with Crippen LogP contribution in [0, 0.1) is 5.41 Å². The van der Waals surface area contributed by atoms with Crippen LogP contribution in [-0.2, 0) is 24.5 Å². The number of carboxylic acids is 3. The highest BCUT2D eigenvalue weighted by molar-refractivity contribution is 7.85. The molecule has 0 spiro atoms. The van der Waals surface area contributed by atoms with E-state index in [0.717, 1.165) is 0 Å². The number of hydrogen-bond donors (Lipinski definition) is 7. The van der Waals surface area contributed by atoms with E-state index in [-0.39, 0.29) is 36.5 Å². The highest BCUT2D eigenvalue weighted by Gasteiger charge is 2.20. The lowest BCUT2D eigenvalue weighted by molar-refractivity contribution is -0.133. The molecule has 0 aliphatic carbocycles. The Morgan fingerprint density at radius 2 is 0.806 bits per heavy atom. The molecule has 0 saturated heterocycles. The summed E-state index contributed by atoms with van der Waals surface area (Å²) in [6, 6.07) is 0. The third-order valence-electron chi connectivity index (χ3n) is 2.24. The third kappa shape index (κ3) is 52.2. The van der Waals surface area contributed by atoms with Crippen LogP contribution in [-0.4, -0.2) is 87.6 Å². The molecule has 7 N–H and O–H groups in total. The molecule has 12 nitrogen and oxygen atoms in total. The van der Waals surface area contributed by atoms with Crippen molar-refractivity contribution in [1.29, 1.82) is 0 Å². The van der Waals surface area contributed by atoms with Gasteiger partial charge >= 0.3 is 17.9 Å². The fourth-order valence-corrected chi connectivity index (χ4v) is 0.150. The average Bonchev–Trinajstić information content (AvgIpc) is 2.61. The van der Waals surface area contributed by atoms with Crippen molar-refractivity contribution in [2.24, 2.45) is 5.41 Å². The van der Waals surface area contributed by atoms with Crippen LogP contribution >= 0.6 is 0 Å². The van der Waals surface area contributed by atoms with Gasteiger partial charge in [0, 0.05) is 22.1 Å². The van der Waals surface area contributed by atoms with Gasteiger partial charge in [0.25, 0.3) is 10.1 Å². The summed E-state index contributed by atoms with van der Waals surface area (Å²) in [5.74, 6) is -2.81. The lowest BCUT2D eigenvalue weighted by Gasteiger charge is -2.20. The molecule has 0 fully saturated rings. The third-order valence-corrected chi connectivity index (χ3v) is 2.24. The molecule has 0 heterocycles. The van der Waals surface area contributed by atoms with E-state index in [1.807, 2.05) is 0 Å². The van der Waals surface area contributed by atoms with Crippen molar-refractivity contribution in [2.45, 2.75) is 27.7 Å². The van der Waals surface area contributed by atoms with Crippen LogP contribution in [0.25, 0.3) is 0 Å². The van der Waals surface area contributed by atoms with Crippen LogP contribution in [0.1, 0.15) is 27.7 Å². The van der Waals surface area contributed by atoms with Crippen LogP contribution in [0.15, 0.2) is 36.5 Å². The lowest BCUT2D eigenvalue weighted by atomic mass is 9.95. The maximum absolute atomic E-state index is 9.60. The van der Waals surface area contributed by atoms with Gasteiger partial charge in [-0.2, -0.15) is 8.42 Å². The van der Waals surface area contributed by atoms with Gasteiger partial charge in [0.05, 0.1) is 26.1 Å². The second kappa shape index (κ2) is 20.7. The fraction of sp³-hybridized carbons (Fsp3) is 0.500. The summed E-state index contributed by atoms with van der Waals surface area (Å²) in [4.78, 5) is 28.8. The molecule has 184 valence electrons. The van der Waals surface area contributed by atoms with E-state index in [0.29, 0.717) is 6.26 Å². The molecule has 0 unspecified atom stereocenters. The van der Waals surface area contributed by atoms with Crippen molar-refractivity contribution in [1.82, 2.24) is 0 Å². The Hall–Kier alpha value is -2.58. The molecule has 0 aliphatic rings. The van der Waals surface area contributed by atoms with Crippen molar-refractivity contribution in [3.63, 3.8) is 0 Å². The Labute approximate surface area is 182 Å². The maximum Gasteiger partial charge on any atom is 0.330 e. The van der Waals surface area contributed by atoms with Crippen molar-refractivity contribution in [3.05, 3.63) is 36.5 Å². The molecule has 31 heavy (non-hydrogen) atoms. The molecule has 0 saturated carbocycles. The zero-order chi connectivity index (χ0) is 26.6. The van der Waals surface area contributed by atoms with Gasteiger partial charge in [0.15, 0.2) is 0 Å². The first-order chi connectivity index (χ1) is 13.6. The summed E-state index contributed by atoms with van der Waals surface area (Å²) in [5, 5.41) is 49.1. The molecular weight excluding hydrogens is 440 g/mol. The first-order valence-corrected chi connectivity index (χ1v) is 9.88. The molecule has 0 aromatic rings. The maximum atomic E-state index is 9.60. The topological polar surface area (TPSA) is 227 Å². The molecule has 0 rings (SSSR count). The molecular formula is C18H34O12S. The zero-order valence-corrected chi connectivity index (χ0v) is 19.1. The Bertz CT molecular complexity index is 579. The van der Waals surface area contributed by atoms with Gasteiger partial charge in [-0.3, -0.25) is 4.55 Å². The minimum atomic E-state index is -3.67. The first-order valence-electron chi connectivity index (χ1n) is 8.03. The second-order valence-corrected chi connectivity index (χ2v) is 7.74. The number of aliphatic hydroxyl groups is 3. The Balaban J connectivity index is -0.0000000917. The standard InChI is InChI=1S/C5H12O3.3C4H6O2.CH4O3S/c1-5(2-6,3-7)4-8;3*1-3(2)4(5)6;1-5(2,3)4/h6-8H,2-4H2,1H3;3*1H2,2H3,(H,5,6);1H3,(H,2,3,4). The fourth-order valence-electron chi connectivity index (χ4n) is 0.150. The number of aliphatic carboxylic acids is 3. The summed E-state index contributed by atoms with van der Waals surface area (Å²) in [5.41, 5.74) is -0.181. The molecule has 13 heteroatoms. The van der Waals surface area contributed by atoms with Crippen molar-refractivity contribution in [3.8, 4) is 0 Å². The molecule has 0 aliphatic heterocycles. The summed E-state index contributed by atoms with van der Waals surface area (Å²) in [6.45, 7) is 14.9. The minimum Gasteiger partial charge on any atom is -0.478 e. The molecule has 0 bridgehead atoms. The van der Waals surface area contributed by atoms with E-state index in [1.54, 1.807) is 6.92 Å². The minimum absolute atomic E-state index is 0.176. The SMILES string of the molecule is C=C(C)C(=O)O.C=C(C)C(=O)O.C=C(C)C(=O)O.CC(CO)(CO)CO.CS(=O)(=O)O. The van der Waals surface area contributed by atoms with E-state index in [9.17, 15) is 22.8 Å². The highest BCUT2D eigenvalue weighted by Crippen LogP contribution is 2.10. The van der Waals surface area contributed by atoms with Gasteiger partial charge in [0.2, 0.25) is 0 Å². The predicted octanol–water partition coefficient (Wildman–Crippen LogP) is 0.415. The van der Waals surface area contributed by atoms with Crippen LogP contribution in [0.3, 0.4) is 0 Å². The van der Waals surface area contributed by atoms with E-state index < -0.39 is 33.4 Å². The van der Waals surface area contributed by atoms with E-state index in [1.165, 1.54) is 20.8 Å². The van der Waals surface area contributed by atoms with Crippen LogP contribution in [0.4, 0.5) is 0 Å². The number of carboxylic acid groups (broad SMARTS) is 3. The van der Waals surface area contributed by atoms with Gasteiger partial charge in [-0.15, -0.1) is 0 Å². The number of hydrogen-bond acceptors (Lipinski definition) is 8. The average molecular weight is 475 g/mol. The monoisotopic (exact) mass is 474 g/mol. The second-order valence-electron chi connectivity index (χ2n) is 6.27.